The van der Waals surface area contributed by atoms with Crippen molar-refractivity contribution in [2.24, 2.45) is 0 Å². The number of carbonyl (C=O) groups is 1. The van der Waals surface area contributed by atoms with Gasteiger partial charge < -0.3 is 9.30 Å². The highest BCUT2D eigenvalue weighted by Gasteiger charge is 2.31. The molecule has 2 heterocycles. The SMILES string of the molecule is COc1ccccc1CN(C)CC(=O)c1cc(C)n(C2CCS(=O)(=O)C2)c1C. The Morgan fingerprint density at radius 1 is 1.29 bits per heavy atom. The molecule has 6 nitrogen and oxygen atoms in total. The summed E-state index contributed by atoms with van der Waals surface area (Å²) in [5.74, 6) is 1.23. The second-order valence-corrected chi connectivity index (χ2v) is 9.85. The van der Waals surface area contributed by atoms with Crippen LogP contribution in [0.25, 0.3) is 0 Å². The van der Waals surface area contributed by atoms with Crippen LogP contribution >= 0.6 is 0 Å². The molecule has 1 unspecified atom stereocenters. The molecule has 1 aromatic heterocycles. The second-order valence-electron chi connectivity index (χ2n) is 7.62. The summed E-state index contributed by atoms with van der Waals surface area (Å²) < 4.78 is 31.1. The van der Waals surface area contributed by atoms with Crippen molar-refractivity contribution < 1.29 is 17.9 Å². The average molecular weight is 405 g/mol. The van der Waals surface area contributed by atoms with E-state index in [4.69, 9.17) is 4.74 Å². The predicted molar refractivity (Wildman–Crippen MR) is 110 cm³/mol. The Bertz CT molecular complexity index is 978. The van der Waals surface area contributed by atoms with Crippen molar-refractivity contribution in [1.82, 2.24) is 9.47 Å². The molecule has 1 aliphatic heterocycles. The van der Waals surface area contributed by atoms with E-state index in [9.17, 15) is 13.2 Å². The fourth-order valence-corrected chi connectivity index (χ4v) is 5.81. The summed E-state index contributed by atoms with van der Waals surface area (Å²) in [7, 11) is 0.577. The van der Waals surface area contributed by atoms with Crippen LogP contribution in [0.2, 0.25) is 0 Å². The molecule has 3 rings (SSSR count). The van der Waals surface area contributed by atoms with Crippen LogP contribution < -0.4 is 4.74 Å². The number of para-hydroxylation sites is 1. The van der Waals surface area contributed by atoms with Crippen molar-refractivity contribution in [3.8, 4) is 5.75 Å². The van der Waals surface area contributed by atoms with Gasteiger partial charge in [0.25, 0.3) is 0 Å². The van der Waals surface area contributed by atoms with Crippen LogP contribution in [-0.4, -0.2) is 55.9 Å². The van der Waals surface area contributed by atoms with E-state index in [2.05, 4.69) is 0 Å². The van der Waals surface area contributed by atoms with Gasteiger partial charge in [-0.05, 0) is 39.4 Å². The Morgan fingerprint density at radius 3 is 2.64 bits per heavy atom. The van der Waals surface area contributed by atoms with E-state index in [1.165, 1.54) is 0 Å². The number of ketones is 1. The van der Waals surface area contributed by atoms with Crippen LogP contribution in [0.1, 0.15) is 39.8 Å². The molecule has 1 aromatic carbocycles. The van der Waals surface area contributed by atoms with Gasteiger partial charge in [0.1, 0.15) is 5.75 Å². The van der Waals surface area contributed by atoms with Crippen LogP contribution in [0.15, 0.2) is 30.3 Å². The summed E-state index contributed by atoms with van der Waals surface area (Å²) in [6.07, 6.45) is 0.611. The number of nitrogens with zero attached hydrogens (tertiary/aromatic N) is 2. The second kappa shape index (κ2) is 8.09. The molecule has 0 saturated carbocycles. The minimum Gasteiger partial charge on any atom is -0.496 e. The number of ether oxygens (including phenoxy) is 1. The minimum atomic E-state index is -2.97. The summed E-state index contributed by atoms with van der Waals surface area (Å²) in [6, 6.07) is 9.60. The molecule has 0 amide bonds. The molecular formula is C21H28N2O4S. The maximum atomic E-state index is 12.9. The van der Waals surface area contributed by atoms with E-state index < -0.39 is 9.84 Å². The zero-order valence-electron chi connectivity index (χ0n) is 16.9. The molecule has 152 valence electrons. The van der Waals surface area contributed by atoms with Gasteiger partial charge in [-0.15, -0.1) is 0 Å². The molecule has 1 fully saturated rings. The van der Waals surface area contributed by atoms with Crippen molar-refractivity contribution in [3.63, 3.8) is 0 Å². The first-order chi connectivity index (χ1) is 13.2. The number of sulfone groups is 1. The number of benzene rings is 1. The minimum absolute atomic E-state index is 0.0394. The van der Waals surface area contributed by atoms with Gasteiger partial charge >= 0.3 is 0 Å². The lowest BCUT2D eigenvalue weighted by Crippen LogP contribution is -2.26. The zero-order valence-corrected chi connectivity index (χ0v) is 17.8. The highest BCUT2D eigenvalue weighted by atomic mass is 32.2. The smallest absolute Gasteiger partial charge is 0.178 e. The summed E-state index contributed by atoms with van der Waals surface area (Å²) in [4.78, 5) is 14.9. The molecule has 1 atom stereocenters. The van der Waals surface area contributed by atoms with Gasteiger partial charge in [0.05, 0.1) is 25.2 Å². The van der Waals surface area contributed by atoms with Crippen molar-refractivity contribution >= 4 is 15.6 Å². The number of aryl methyl sites for hydroxylation is 1. The van der Waals surface area contributed by atoms with Gasteiger partial charge in [0.15, 0.2) is 15.6 Å². The lowest BCUT2D eigenvalue weighted by atomic mass is 10.1. The lowest BCUT2D eigenvalue weighted by molar-refractivity contribution is 0.0941. The number of hydrogen-bond donors (Lipinski definition) is 0. The maximum Gasteiger partial charge on any atom is 0.178 e. The Labute approximate surface area is 167 Å². The standard InChI is InChI=1S/C21H28N2O4S/c1-15-11-19(16(2)23(15)18-9-10-28(25,26)14-18)20(24)13-22(3)12-17-7-5-6-8-21(17)27-4/h5-8,11,18H,9-10,12-14H2,1-4H3. The molecule has 0 N–H and O–H groups in total. The molecule has 0 radical (unpaired) electrons. The first-order valence-electron chi connectivity index (χ1n) is 9.44. The third-order valence-electron chi connectivity index (χ3n) is 5.40. The number of likely N-dealkylation sites (N-methyl/N-ethyl adjacent to an activating group) is 1. The fraction of sp³-hybridized carbons (Fsp3) is 0.476. The normalized spacial score (nSPS) is 18.5. The summed E-state index contributed by atoms with van der Waals surface area (Å²) in [5, 5.41) is 0. The van der Waals surface area contributed by atoms with Crippen LogP contribution in [0.5, 0.6) is 5.75 Å². The van der Waals surface area contributed by atoms with E-state index in [1.54, 1.807) is 7.11 Å². The lowest BCUT2D eigenvalue weighted by Gasteiger charge is -2.18. The van der Waals surface area contributed by atoms with E-state index in [0.29, 0.717) is 18.5 Å². The molecule has 2 aromatic rings. The monoisotopic (exact) mass is 404 g/mol. The zero-order chi connectivity index (χ0) is 20.5. The molecule has 0 spiro atoms. The van der Waals surface area contributed by atoms with E-state index in [0.717, 1.165) is 22.7 Å². The van der Waals surface area contributed by atoms with Crippen LogP contribution in [0.3, 0.4) is 0 Å². The summed E-state index contributed by atoms with van der Waals surface area (Å²) in [5.41, 5.74) is 3.50. The number of Topliss-reactive ketones (excluding diaryl/α,β-unsaturated/α-hetero) is 1. The molecule has 28 heavy (non-hydrogen) atoms. The molecule has 7 heteroatoms. The molecular weight excluding hydrogens is 376 g/mol. The van der Waals surface area contributed by atoms with Crippen molar-refractivity contribution in [2.45, 2.75) is 32.9 Å². The Balaban J connectivity index is 1.73. The summed E-state index contributed by atoms with van der Waals surface area (Å²) in [6.45, 7) is 4.74. The Hall–Kier alpha value is -2.12. The predicted octanol–water partition coefficient (Wildman–Crippen LogP) is 2.79. The van der Waals surface area contributed by atoms with Gasteiger partial charge in [-0.2, -0.15) is 0 Å². The number of carbonyl (C=O) groups excluding carboxylic acids is 1. The van der Waals surface area contributed by atoms with Crippen molar-refractivity contribution in [3.05, 3.63) is 52.8 Å². The highest BCUT2D eigenvalue weighted by molar-refractivity contribution is 7.91. The van der Waals surface area contributed by atoms with Gasteiger partial charge in [-0.25, -0.2) is 8.42 Å². The first kappa shape index (κ1) is 20.6. The fourth-order valence-electron chi connectivity index (χ4n) is 4.11. The maximum absolute atomic E-state index is 12.9. The van der Waals surface area contributed by atoms with Gasteiger partial charge in [0.2, 0.25) is 0 Å². The Morgan fingerprint density at radius 2 is 2.00 bits per heavy atom. The average Bonchev–Trinajstić information content (AvgIpc) is 3.13. The number of hydrogen-bond acceptors (Lipinski definition) is 5. The van der Waals surface area contributed by atoms with Crippen molar-refractivity contribution in [1.29, 1.82) is 0 Å². The van der Waals surface area contributed by atoms with Gasteiger partial charge in [0, 0.05) is 35.1 Å². The van der Waals surface area contributed by atoms with E-state index >= 15 is 0 Å². The molecule has 0 aliphatic carbocycles. The van der Waals surface area contributed by atoms with Gasteiger partial charge in [-0.1, -0.05) is 18.2 Å². The quantitative estimate of drug-likeness (QED) is 0.664. The third-order valence-corrected chi connectivity index (χ3v) is 7.15. The Kier molecular flexibility index (Phi) is 5.95. The number of methoxy groups -OCH3 is 1. The number of aromatic nitrogens is 1. The van der Waals surface area contributed by atoms with Crippen LogP contribution in [0, 0.1) is 13.8 Å². The molecule has 1 saturated heterocycles. The van der Waals surface area contributed by atoms with Crippen LogP contribution in [-0.2, 0) is 16.4 Å². The molecule has 0 bridgehead atoms. The van der Waals surface area contributed by atoms with E-state index in [1.807, 2.05) is 60.7 Å². The van der Waals surface area contributed by atoms with Crippen LogP contribution in [0.4, 0.5) is 0 Å². The number of rotatable bonds is 7. The summed E-state index contributed by atoms with van der Waals surface area (Å²) >= 11 is 0. The highest BCUT2D eigenvalue weighted by Crippen LogP contribution is 2.29. The van der Waals surface area contributed by atoms with Crippen molar-refractivity contribution in [2.75, 3.05) is 32.2 Å². The largest absolute Gasteiger partial charge is 0.496 e. The van der Waals surface area contributed by atoms with E-state index in [-0.39, 0.29) is 29.9 Å². The van der Waals surface area contributed by atoms with Gasteiger partial charge in [-0.3, -0.25) is 9.69 Å². The molecule has 1 aliphatic rings. The topological polar surface area (TPSA) is 68.6 Å². The first-order valence-corrected chi connectivity index (χ1v) is 11.3. The third kappa shape index (κ3) is 4.31.